The monoisotopic (exact) mass is 254 g/mol. The minimum atomic E-state index is -0.137. The SMILES string of the molecule is CCC=CCCCCCC(CCCC)OC(C)=O. The highest BCUT2D eigenvalue weighted by Crippen LogP contribution is 2.14. The van der Waals surface area contributed by atoms with E-state index in [9.17, 15) is 4.79 Å². The van der Waals surface area contributed by atoms with E-state index in [1.807, 2.05) is 0 Å². The van der Waals surface area contributed by atoms with Gasteiger partial charge in [-0.3, -0.25) is 4.79 Å². The van der Waals surface area contributed by atoms with E-state index < -0.39 is 0 Å². The Kier molecular flexibility index (Phi) is 12.1. The molecule has 0 bridgehead atoms. The van der Waals surface area contributed by atoms with Crippen molar-refractivity contribution in [3.05, 3.63) is 12.2 Å². The summed E-state index contributed by atoms with van der Waals surface area (Å²) in [5.41, 5.74) is 0. The summed E-state index contributed by atoms with van der Waals surface area (Å²) in [6.45, 7) is 5.84. The molecule has 0 aromatic heterocycles. The molecule has 0 saturated heterocycles. The zero-order chi connectivity index (χ0) is 13.6. The number of hydrogen-bond acceptors (Lipinski definition) is 2. The second kappa shape index (κ2) is 12.7. The number of allylic oxidation sites excluding steroid dienone is 2. The molecule has 2 nitrogen and oxygen atoms in total. The van der Waals surface area contributed by atoms with Crippen LogP contribution in [0.4, 0.5) is 0 Å². The molecule has 1 atom stereocenters. The van der Waals surface area contributed by atoms with E-state index in [1.54, 1.807) is 0 Å². The highest BCUT2D eigenvalue weighted by molar-refractivity contribution is 5.66. The van der Waals surface area contributed by atoms with Crippen molar-refractivity contribution in [1.82, 2.24) is 0 Å². The summed E-state index contributed by atoms with van der Waals surface area (Å²) in [7, 11) is 0. The van der Waals surface area contributed by atoms with Crippen molar-refractivity contribution in [2.24, 2.45) is 0 Å². The summed E-state index contributed by atoms with van der Waals surface area (Å²) in [5.74, 6) is -0.137. The lowest BCUT2D eigenvalue weighted by atomic mass is 10.0. The zero-order valence-electron chi connectivity index (χ0n) is 12.4. The summed E-state index contributed by atoms with van der Waals surface area (Å²) in [6.07, 6.45) is 15.0. The summed E-state index contributed by atoms with van der Waals surface area (Å²) >= 11 is 0. The van der Waals surface area contributed by atoms with E-state index in [0.717, 1.165) is 25.7 Å². The molecule has 0 rings (SSSR count). The van der Waals surface area contributed by atoms with Crippen molar-refractivity contribution < 1.29 is 9.53 Å². The lowest BCUT2D eigenvalue weighted by molar-refractivity contribution is -0.147. The Morgan fingerprint density at radius 1 is 1.06 bits per heavy atom. The maximum absolute atomic E-state index is 11.0. The second-order valence-corrected chi connectivity index (χ2v) is 4.89. The van der Waals surface area contributed by atoms with Gasteiger partial charge < -0.3 is 4.74 Å². The molecule has 0 saturated carbocycles. The Hall–Kier alpha value is -0.790. The summed E-state index contributed by atoms with van der Waals surface area (Å²) in [5, 5.41) is 0. The zero-order valence-corrected chi connectivity index (χ0v) is 12.4. The van der Waals surface area contributed by atoms with Crippen LogP contribution in [0.5, 0.6) is 0 Å². The molecule has 1 unspecified atom stereocenters. The molecule has 2 heteroatoms. The molecular formula is C16H30O2. The van der Waals surface area contributed by atoms with Gasteiger partial charge in [-0.2, -0.15) is 0 Å². The van der Waals surface area contributed by atoms with Crippen molar-refractivity contribution >= 4 is 5.97 Å². The van der Waals surface area contributed by atoms with E-state index >= 15 is 0 Å². The largest absolute Gasteiger partial charge is 0.463 e. The normalized spacial score (nSPS) is 12.8. The third-order valence-corrected chi connectivity index (χ3v) is 3.01. The standard InChI is InChI=1S/C16H30O2/c1-4-6-8-9-10-11-12-14-16(13-7-5-2)18-15(3)17/h6,8,16H,4-5,7,9-14H2,1-3H3. The Bertz CT molecular complexity index is 221. The minimum Gasteiger partial charge on any atom is -0.463 e. The van der Waals surface area contributed by atoms with Crippen molar-refractivity contribution in [2.75, 3.05) is 0 Å². The second-order valence-electron chi connectivity index (χ2n) is 4.89. The van der Waals surface area contributed by atoms with Crippen molar-refractivity contribution in [2.45, 2.75) is 84.7 Å². The molecule has 0 radical (unpaired) electrons. The molecule has 0 spiro atoms. The number of hydrogen-bond donors (Lipinski definition) is 0. The molecule has 0 heterocycles. The van der Waals surface area contributed by atoms with Gasteiger partial charge in [0.25, 0.3) is 0 Å². The van der Waals surface area contributed by atoms with Crippen LogP contribution in [-0.4, -0.2) is 12.1 Å². The lowest BCUT2D eigenvalue weighted by Gasteiger charge is -2.16. The smallest absolute Gasteiger partial charge is 0.302 e. The van der Waals surface area contributed by atoms with Crippen LogP contribution in [0.3, 0.4) is 0 Å². The fourth-order valence-electron chi connectivity index (χ4n) is 2.02. The summed E-state index contributed by atoms with van der Waals surface area (Å²) in [4.78, 5) is 11.0. The molecule has 0 N–H and O–H groups in total. The van der Waals surface area contributed by atoms with E-state index in [0.29, 0.717) is 0 Å². The minimum absolute atomic E-state index is 0.137. The Morgan fingerprint density at radius 2 is 1.78 bits per heavy atom. The van der Waals surface area contributed by atoms with Crippen LogP contribution in [0.15, 0.2) is 12.2 Å². The highest BCUT2D eigenvalue weighted by Gasteiger charge is 2.10. The molecule has 18 heavy (non-hydrogen) atoms. The van der Waals surface area contributed by atoms with Crippen molar-refractivity contribution in [1.29, 1.82) is 0 Å². The van der Waals surface area contributed by atoms with Gasteiger partial charge in [0.05, 0.1) is 0 Å². The average molecular weight is 254 g/mol. The third-order valence-electron chi connectivity index (χ3n) is 3.01. The maximum atomic E-state index is 11.0. The van der Waals surface area contributed by atoms with Crippen LogP contribution >= 0.6 is 0 Å². The van der Waals surface area contributed by atoms with Crippen LogP contribution in [-0.2, 0) is 9.53 Å². The summed E-state index contributed by atoms with van der Waals surface area (Å²) in [6, 6.07) is 0. The van der Waals surface area contributed by atoms with Gasteiger partial charge in [0, 0.05) is 6.92 Å². The first kappa shape index (κ1) is 17.2. The Morgan fingerprint density at radius 3 is 2.39 bits per heavy atom. The van der Waals surface area contributed by atoms with E-state index in [2.05, 4.69) is 26.0 Å². The maximum Gasteiger partial charge on any atom is 0.302 e. The predicted molar refractivity (Wildman–Crippen MR) is 77.6 cm³/mol. The molecule has 0 aromatic rings. The Labute approximate surface area is 113 Å². The van der Waals surface area contributed by atoms with Crippen LogP contribution < -0.4 is 0 Å². The number of carbonyl (C=O) groups excluding carboxylic acids is 1. The van der Waals surface area contributed by atoms with Crippen molar-refractivity contribution in [3.8, 4) is 0 Å². The van der Waals surface area contributed by atoms with Crippen molar-refractivity contribution in [3.63, 3.8) is 0 Å². The third kappa shape index (κ3) is 11.7. The average Bonchev–Trinajstić information content (AvgIpc) is 2.34. The number of esters is 1. The van der Waals surface area contributed by atoms with Gasteiger partial charge in [-0.1, -0.05) is 45.3 Å². The van der Waals surface area contributed by atoms with Crippen LogP contribution in [0, 0.1) is 0 Å². The van der Waals surface area contributed by atoms with Gasteiger partial charge in [-0.05, 0) is 38.5 Å². The number of carbonyl (C=O) groups is 1. The van der Waals surface area contributed by atoms with E-state index in [-0.39, 0.29) is 12.1 Å². The summed E-state index contributed by atoms with van der Waals surface area (Å²) < 4.78 is 5.34. The van der Waals surface area contributed by atoms with Crippen LogP contribution in [0.1, 0.15) is 78.6 Å². The molecule has 0 amide bonds. The highest BCUT2D eigenvalue weighted by atomic mass is 16.5. The predicted octanol–water partition coefficient (Wildman–Crippen LogP) is 5.03. The molecule has 0 aliphatic heterocycles. The fraction of sp³-hybridized carbons (Fsp3) is 0.812. The molecular weight excluding hydrogens is 224 g/mol. The van der Waals surface area contributed by atoms with Gasteiger partial charge in [0.1, 0.15) is 6.10 Å². The Balaban J connectivity index is 3.61. The molecule has 0 fully saturated rings. The van der Waals surface area contributed by atoms with Gasteiger partial charge in [-0.15, -0.1) is 0 Å². The van der Waals surface area contributed by atoms with Gasteiger partial charge >= 0.3 is 5.97 Å². The number of ether oxygens (including phenoxy) is 1. The van der Waals surface area contributed by atoms with Gasteiger partial charge in [0.15, 0.2) is 0 Å². The molecule has 0 aromatic carbocycles. The van der Waals surface area contributed by atoms with Crippen LogP contribution in [0.2, 0.25) is 0 Å². The first-order chi connectivity index (χ1) is 8.70. The van der Waals surface area contributed by atoms with Crippen LogP contribution in [0.25, 0.3) is 0 Å². The first-order valence-electron chi connectivity index (χ1n) is 7.52. The fourth-order valence-corrected chi connectivity index (χ4v) is 2.02. The quantitative estimate of drug-likeness (QED) is 0.294. The number of rotatable bonds is 11. The first-order valence-corrected chi connectivity index (χ1v) is 7.52. The molecule has 106 valence electrons. The van der Waals surface area contributed by atoms with E-state index in [4.69, 9.17) is 4.74 Å². The van der Waals surface area contributed by atoms with Gasteiger partial charge in [-0.25, -0.2) is 0 Å². The van der Waals surface area contributed by atoms with Gasteiger partial charge in [0.2, 0.25) is 0 Å². The number of unbranched alkanes of at least 4 members (excludes halogenated alkanes) is 4. The lowest BCUT2D eigenvalue weighted by Crippen LogP contribution is -2.16. The van der Waals surface area contributed by atoms with E-state index in [1.165, 1.54) is 39.0 Å². The topological polar surface area (TPSA) is 26.3 Å². The molecule has 0 aliphatic rings. The molecule has 0 aliphatic carbocycles.